The highest BCUT2D eigenvalue weighted by atomic mass is 19.3. The van der Waals surface area contributed by atoms with Crippen LogP contribution in [0.5, 0.6) is 0 Å². The lowest BCUT2D eigenvalue weighted by Crippen LogP contribution is -2.30. The van der Waals surface area contributed by atoms with Gasteiger partial charge in [0.25, 0.3) is 0 Å². The first-order valence-electron chi connectivity index (χ1n) is 4.85. The fourth-order valence-corrected chi connectivity index (χ4v) is 1.47. The smallest absolute Gasteiger partial charge is 0.240 e. The van der Waals surface area contributed by atoms with Gasteiger partial charge in [0.2, 0.25) is 6.43 Å². The highest BCUT2D eigenvalue weighted by Crippen LogP contribution is 2.12. The summed E-state index contributed by atoms with van der Waals surface area (Å²) < 4.78 is 28.6. The van der Waals surface area contributed by atoms with Crippen LogP contribution >= 0.6 is 0 Å². The van der Waals surface area contributed by atoms with Gasteiger partial charge in [-0.25, -0.2) is 8.78 Å². The fourth-order valence-electron chi connectivity index (χ4n) is 1.47. The highest BCUT2D eigenvalue weighted by molar-refractivity contribution is 4.67. The first-order chi connectivity index (χ1) is 6.29. The summed E-state index contributed by atoms with van der Waals surface area (Å²) in [5.74, 6) is 0.568. The molecule has 1 heterocycles. The summed E-state index contributed by atoms with van der Waals surface area (Å²) in [5.41, 5.74) is 0. The normalized spacial score (nSPS) is 19.6. The zero-order valence-electron chi connectivity index (χ0n) is 7.77. The third-order valence-electron chi connectivity index (χ3n) is 2.29. The summed E-state index contributed by atoms with van der Waals surface area (Å²) in [7, 11) is 0. The maximum atomic E-state index is 11.7. The molecule has 78 valence electrons. The van der Waals surface area contributed by atoms with E-state index in [1.165, 1.54) is 0 Å². The average molecular weight is 193 g/mol. The molecule has 0 saturated carbocycles. The van der Waals surface area contributed by atoms with Crippen molar-refractivity contribution >= 4 is 0 Å². The molecule has 1 aliphatic rings. The van der Waals surface area contributed by atoms with Gasteiger partial charge < -0.3 is 10.1 Å². The van der Waals surface area contributed by atoms with Gasteiger partial charge in [0.15, 0.2) is 0 Å². The number of rotatable bonds is 5. The van der Waals surface area contributed by atoms with E-state index in [4.69, 9.17) is 4.74 Å². The van der Waals surface area contributed by atoms with Crippen LogP contribution in [0.3, 0.4) is 0 Å². The summed E-state index contributed by atoms with van der Waals surface area (Å²) in [6.07, 6.45) is -0.151. The van der Waals surface area contributed by atoms with Crippen LogP contribution in [0.15, 0.2) is 0 Å². The van der Waals surface area contributed by atoms with E-state index in [0.29, 0.717) is 12.5 Å². The summed E-state index contributed by atoms with van der Waals surface area (Å²) in [6.45, 7) is 2.90. The van der Waals surface area contributed by atoms with Crippen LogP contribution < -0.4 is 5.32 Å². The van der Waals surface area contributed by atoms with Gasteiger partial charge in [-0.15, -0.1) is 0 Å². The molecule has 0 radical (unpaired) electrons. The fraction of sp³-hybridized carbons (Fsp3) is 1.00. The van der Waals surface area contributed by atoms with Crippen LogP contribution in [-0.2, 0) is 4.74 Å². The minimum Gasteiger partial charge on any atom is -0.381 e. The van der Waals surface area contributed by atoms with Crippen LogP contribution in [0.25, 0.3) is 0 Å². The molecule has 0 aromatic carbocycles. The SMILES string of the molecule is FC(F)CCOCC1CCNCC1. The number of nitrogens with one attached hydrogen (secondary N) is 1. The van der Waals surface area contributed by atoms with Crippen LogP contribution in [0.2, 0.25) is 0 Å². The molecule has 2 nitrogen and oxygen atoms in total. The van der Waals surface area contributed by atoms with Crippen molar-refractivity contribution in [2.24, 2.45) is 5.92 Å². The highest BCUT2D eigenvalue weighted by Gasteiger charge is 2.12. The Hall–Kier alpha value is -0.220. The summed E-state index contributed by atoms with van der Waals surface area (Å²) in [6, 6.07) is 0. The number of hydrogen-bond acceptors (Lipinski definition) is 2. The molecule has 0 bridgehead atoms. The first kappa shape index (κ1) is 10.9. The molecular formula is C9H17F2NO. The first-order valence-corrected chi connectivity index (χ1v) is 4.85. The van der Waals surface area contributed by atoms with Crippen molar-refractivity contribution in [1.82, 2.24) is 5.32 Å². The van der Waals surface area contributed by atoms with E-state index >= 15 is 0 Å². The third-order valence-corrected chi connectivity index (χ3v) is 2.29. The van der Waals surface area contributed by atoms with Crippen molar-refractivity contribution in [3.05, 3.63) is 0 Å². The second-order valence-electron chi connectivity index (χ2n) is 3.45. The minimum absolute atomic E-state index is 0.134. The van der Waals surface area contributed by atoms with Crippen LogP contribution in [0.4, 0.5) is 8.78 Å². The quantitative estimate of drug-likeness (QED) is 0.670. The van der Waals surface area contributed by atoms with Crippen molar-refractivity contribution in [3.8, 4) is 0 Å². The van der Waals surface area contributed by atoms with Gasteiger partial charge in [0.1, 0.15) is 0 Å². The van der Waals surface area contributed by atoms with Crippen molar-refractivity contribution in [1.29, 1.82) is 0 Å². The molecule has 1 aliphatic heterocycles. The van der Waals surface area contributed by atoms with Gasteiger partial charge in [-0.1, -0.05) is 0 Å². The largest absolute Gasteiger partial charge is 0.381 e. The minimum atomic E-state index is -2.23. The summed E-state index contributed by atoms with van der Waals surface area (Å²) in [5, 5.41) is 3.25. The Morgan fingerprint density at radius 2 is 2.00 bits per heavy atom. The number of alkyl halides is 2. The molecule has 1 fully saturated rings. The molecule has 1 rings (SSSR count). The molecule has 0 amide bonds. The van der Waals surface area contributed by atoms with E-state index in [1.54, 1.807) is 0 Å². The average Bonchev–Trinajstić information content (AvgIpc) is 2.14. The molecule has 0 aliphatic carbocycles. The van der Waals surface area contributed by atoms with Gasteiger partial charge in [-0.05, 0) is 31.8 Å². The summed E-state index contributed by atoms with van der Waals surface area (Å²) >= 11 is 0. The van der Waals surface area contributed by atoms with E-state index < -0.39 is 6.43 Å². The van der Waals surface area contributed by atoms with Gasteiger partial charge in [0, 0.05) is 13.0 Å². The van der Waals surface area contributed by atoms with Crippen LogP contribution in [0.1, 0.15) is 19.3 Å². The van der Waals surface area contributed by atoms with E-state index in [9.17, 15) is 8.78 Å². The summed E-state index contributed by atoms with van der Waals surface area (Å²) in [4.78, 5) is 0. The molecule has 0 spiro atoms. The van der Waals surface area contributed by atoms with E-state index in [-0.39, 0.29) is 13.0 Å². The second kappa shape index (κ2) is 6.27. The molecule has 0 atom stereocenters. The number of piperidine rings is 1. The Balaban J connectivity index is 1.92. The molecule has 0 aromatic heterocycles. The Bertz CT molecular complexity index is 127. The van der Waals surface area contributed by atoms with Crippen molar-refractivity contribution in [3.63, 3.8) is 0 Å². The second-order valence-corrected chi connectivity index (χ2v) is 3.45. The van der Waals surface area contributed by atoms with Gasteiger partial charge in [-0.2, -0.15) is 0 Å². The number of halogens is 2. The predicted molar refractivity (Wildman–Crippen MR) is 47.0 cm³/mol. The lowest BCUT2D eigenvalue weighted by Gasteiger charge is -2.22. The van der Waals surface area contributed by atoms with Gasteiger partial charge in [-0.3, -0.25) is 0 Å². The maximum Gasteiger partial charge on any atom is 0.240 e. The lowest BCUT2D eigenvalue weighted by atomic mass is 9.99. The Labute approximate surface area is 77.6 Å². The molecule has 13 heavy (non-hydrogen) atoms. The van der Waals surface area contributed by atoms with E-state index in [2.05, 4.69) is 5.32 Å². The van der Waals surface area contributed by atoms with E-state index in [0.717, 1.165) is 25.9 Å². The maximum absolute atomic E-state index is 11.7. The molecule has 0 aromatic rings. The third kappa shape index (κ3) is 5.16. The van der Waals surface area contributed by atoms with Gasteiger partial charge >= 0.3 is 0 Å². The predicted octanol–water partition coefficient (Wildman–Crippen LogP) is 1.66. The molecule has 0 unspecified atom stereocenters. The monoisotopic (exact) mass is 193 g/mol. The lowest BCUT2D eigenvalue weighted by molar-refractivity contribution is 0.0455. The zero-order chi connectivity index (χ0) is 9.52. The standard InChI is InChI=1S/C9H17F2NO/c10-9(11)3-6-13-7-8-1-4-12-5-2-8/h8-9,12H,1-7H2. The molecule has 1 saturated heterocycles. The van der Waals surface area contributed by atoms with Crippen molar-refractivity contribution < 1.29 is 13.5 Å². The molecule has 4 heteroatoms. The number of hydrogen-bond donors (Lipinski definition) is 1. The topological polar surface area (TPSA) is 21.3 Å². The van der Waals surface area contributed by atoms with Crippen molar-refractivity contribution in [2.45, 2.75) is 25.7 Å². The molecular weight excluding hydrogens is 176 g/mol. The van der Waals surface area contributed by atoms with E-state index in [1.807, 2.05) is 0 Å². The van der Waals surface area contributed by atoms with Gasteiger partial charge in [0.05, 0.1) is 6.61 Å². The van der Waals surface area contributed by atoms with Crippen molar-refractivity contribution in [2.75, 3.05) is 26.3 Å². The van der Waals surface area contributed by atoms with Crippen LogP contribution in [-0.4, -0.2) is 32.7 Å². The Morgan fingerprint density at radius 1 is 1.31 bits per heavy atom. The number of ether oxygens (including phenoxy) is 1. The Morgan fingerprint density at radius 3 is 2.62 bits per heavy atom. The van der Waals surface area contributed by atoms with Crippen LogP contribution in [0, 0.1) is 5.92 Å². The zero-order valence-corrected chi connectivity index (χ0v) is 7.77. The Kier molecular flexibility index (Phi) is 5.23. The molecule has 1 N–H and O–H groups in total.